The van der Waals surface area contributed by atoms with Crippen LogP contribution in [0.15, 0.2) is 30.3 Å². The molecule has 3 heteroatoms. The van der Waals surface area contributed by atoms with Crippen LogP contribution >= 0.6 is 0 Å². The van der Waals surface area contributed by atoms with Gasteiger partial charge in [0.25, 0.3) is 0 Å². The maximum atomic E-state index is 10.5. The van der Waals surface area contributed by atoms with Crippen molar-refractivity contribution in [2.24, 2.45) is 0 Å². The molecule has 0 fully saturated rings. The van der Waals surface area contributed by atoms with Crippen molar-refractivity contribution in [2.45, 2.75) is 5.14 Å². The van der Waals surface area contributed by atoms with Gasteiger partial charge >= 0.3 is 71.8 Å². The summed E-state index contributed by atoms with van der Waals surface area (Å²) >= 11 is -1.38. The molecule has 0 saturated carbocycles. The minimum absolute atomic E-state index is 0.678. The Labute approximate surface area is 72.0 Å². The summed E-state index contributed by atoms with van der Waals surface area (Å²) in [7, 11) is 0. The molecule has 11 heavy (non-hydrogen) atoms. The normalized spacial score (nSPS) is 10.8. The summed E-state index contributed by atoms with van der Waals surface area (Å²) in [5, 5.41) is 10.5. The summed E-state index contributed by atoms with van der Waals surface area (Å²) in [5.74, 6) is 0. The van der Waals surface area contributed by atoms with E-state index >= 15 is 0 Å². The Bertz CT molecular complexity index is 246. The number of carboxylic acid groups (broad SMARTS) is 1. The third kappa shape index (κ3) is 2.19. The zero-order valence-electron chi connectivity index (χ0n) is 6.04. The van der Waals surface area contributed by atoms with Gasteiger partial charge in [0.15, 0.2) is 0 Å². The topological polar surface area (TPSA) is 37.3 Å². The van der Waals surface area contributed by atoms with E-state index < -0.39 is 22.6 Å². The van der Waals surface area contributed by atoms with Crippen molar-refractivity contribution >= 4 is 7.97 Å². The zero-order chi connectivity index (χ0) is 8.27. The number of hydrogen-bond donors (Lipinski definition) is 1. The molecule has 0 aromatic heterocycles. The Morgan fingerprint density at radius 1 is 1.36 bits per heavy atom. The van der Waals surface area contributed by atoms with Crippen LogP contribution in [0.2, 0.25) is 5.14 Å². The molecule has 0 aliphatic carbocycles. The van der Waals surface area contributed by atoms with Crippen LogP contribution in [0.25, 0.3) is 0 Å². The molecule has 1 rings (SSSR count). The van der Waals surface area contributed by atoms with Gasteiger partial charge < -0.3 is 0 Å². The summed E-state index contributed by atoms with van der Waals surface area (Å²) in [6.07, 6.45) is 0. The van der Waals surface area contributed by atoms with Crippen molar-refractivity contribution in [3.63, 3.8) is 0 Å². The molecule has 1 aromatic rings. The van der Waals surface area contributed by atoms with Gasteiger partial charge in [0.05, 0.1) is 0 Å². The number of hydrogen-bond acceptors (Lipinski definition) is 1. The van der Waals surface area contributed by atoms with Crippen LogP contribution < -0.4 is 3.78 Å². The molecule has 0 atom stereocenters. The van der Waals surface area contributed by atoms with E-state index in [1.54, 1.807) is 5.14 Å². The molecule has 64 valence electrons. The molecule has 1 aromatic carbocycles. The van der Waals surface area contributed by atoms with E-state index in [0.29, 0.717) is 0 Å². The quantitative estimate of drug-likeness (QED) is 0.804. The molecule has 0 spiro atoms. The zero-order valence-corrected chi connectivity index (χ0v) is 7.53. The predicted molar refractivity (Wildman–Crippen MR) is 40.0 cm³/mol. The van der Waals surface area contributed by atoms with Crippen LogP contribution in [0.5, 0.6) is 0 Å². The van der Waals surface area contributed by atoms with Crippen LogP contribution in [0, 0.1) is 0 Å². The van der Waals surface area contributed by atoms with Crippen LogP contribution in [0.4, 0.5) is 4.79 Å². The van der Waals surface area contributed by atoms with E-state index in [9.17, 15) is 4.79 Å². The molecule has 0 unspecified atom stereocenters. The van der Waals surface area contributed by atoms with E-state index in [4.69, 9.17) is 5.11 Å². The fraction of sp³-hybridized carbons (Fsp3) is 0.125. The average Bonchev–Trinajstić information content (AvgIpc) is 2.05. The minimum atomic E-state index is -1.38. The molecule has 2 nitrogen and oxygen atoms in total. The number of rotatable bonds is 2. The van der Waals surface area contributed by atoms with Crippen molar-refractivity contribution in [3.8, 4) is 0 Å². The summed E-state index contributed by atoms with van der Waals surface area (Å²) in [6, 6.07) is 9.35. The molecule has 0 heterocycles. The first-order valence-electron chi connectivity index (χ1n) is 2.94. The van der Waals surface area contributed by atoms with E-state index in [0.717, 1.165) is 3.78 Å². The standard InChI is InChI=1S/C6H5.CHO2.CH3.Ag/c1-2-4-6-5-3-1;2-1-3;;/h1-5H;(H,2,3);1H3;. The van der Waals surface area contributed by atoms with Gasteiger partial charge in [-0.1, -0.05) is 0 Å². The average molecular weight is 245 g/mol. The van der Waals surface area contributed by atoms with Crippen molar-refractivity contribution in [1.29, 1.82) is 0 Å². The van der Waals surface area contributed by atoms with Gasteiger partial charge in [0, 0.05) is 0 Å². The van der Waals surface area contributed by atoms with Gasteiger partial charge in [0.1, 0.15) is 0 Å². The monoisotopic (exact) mass is 244 g/mol. The molecule has 0 bridgehead atoms. The number of carbonyl (C=O) groups is 1. The Morgan fingerprint density at radius 3 is 2.36 bits per heavy atom. The second kappa shape index (κ2) is 3.72. The van der Waals surface area contributed by atoms with E-state index in [1.165, 1.54) is 0 Å². The Hall–Kier alpha value is -0.570. The third-order valence-electron chi connectivity index (χ3n) is 1.16. The maximum absolute atomic E-state index is 10.5. The SMILES string of the molecule is [CH3][Ag]([C](=O)O)[c]1ccccc1. The van der Waals surface area contributed by atoms with Gasteiger partial charge in [-0.15, -0.1) is 0 Å². The van der Waals surface area contributed by atoms with Gasteiger partial charge in [-0.3, -0.25) is 0 Å². The Morgan fingerprint density at radius 2 is 1.91 bits per heavy atom. The summed E-state index contributed by atoms with van der Waals surface area (Å²) in [5.41, 5.74) is 0. The predicted octanol–water partition coefficient (Wildman–Crippen LogP) is 1.66. The first-order chi connectivity index (χ1) is 5.22. The van der Waals surface area contributed by atoms with E-state index in [-0.39, 0.29) is 0 Å². The first kappa shape index (κ1) is 8.53. The summed E-state index contributed by atoms with van der Waals surface area (Å²) in [4.78, 5) is 10.5. The molecule has 0 amide bonds. The van der Waals surface area contributed by atoms with Gasteiger partial charge in [-0.05, 0) is 0 Å². The van der Waals surface area contributed by atoms with Gasteiger partial charge in [-0.25, -0.2) is 0 Å². The molecule has 0 radical (unpaired) electrons. The molecule has 0 aliphatic rings. The van der Waals surface area contributed by atoms with Crippen molar-refractivity contribution < 1.29 is 28.3 Å². The Kier molecular flexibility index (Phi) is 2.88. The Balaban J connectivity index is 2.85. The molecule has 0 saturated heterocycles. The van der Waals surface area contributed by atoms with Crippen molar-refractivity contribution in [2.75, 3.05) is 0 Å². The fourth-order valence-corrected chi connectivity index (χ4v) is 2.02. The van der Waals surface area contributed by atoms with Crippen LogP contribution in [0.3, 0.4) is 0 Å². The molecular weight excluding hydrogens is 236 g/mol. The second-order valence-corrected chi connectivity index (χ2v) is 5.19. The van der Waals surface area contributed by atoms with Crippen LogP contribution in [-0.2, 0) is 18.4 Å². The second-order valence-electron chi connectivity index (χ2n) is 1.85. The number of benzene rings is 1. The molecule has 0 aliphatic heterocycles. The first-order valence-corrected chi connectivity index (χ1v) is 5.91. The van der Waals surface area contributed by atoms with E-state index in [1.807, 2.05) is 30.3 Å². The fourth-order valence-electron chi connectivity index (χ4n) is 0.625. The van der Waals surface area contributed by atoms with Gasteiger partial charge in [0.2, 0.25) is 0 Å². The third-order valence-corrected chi connectivity index (χ3v) is 3.89. The summed E-state index contributed by atoms with van der Waals surface area (Å²) < 4.78 is 0.273. The van der Waals surface area contributed by atoms with Crippen LogP contribution in [0.1, 0.15) is 0 Å². The summed E-state index contributed by atoms with van der Waals surface area (Å²) in [6.45, 7) is 0. The van der Waals surface area contributed by atoms with Crippen LogP contribution in [-0.4, -0.2) is 9.29 Å². The van der Waals surface area contributed by atoms with Crippen molar-refractivity contribution in [1.82, 2.24) is 0 Å². The van der Waals surface area contributed by atoms with Gasteiger partial charge in [-0.2, -0.15) is 0 Å². The van der Waals surface area contributed by atoms with E-state index in [2.05, 4.69) is 0 Å². The molecular formula is C8H9AgO2. The molecule has 1 N–H and O–H groups in total. The van der Waals surface area contributed by atoms with Crippen molar-refractivity contribution in [3.05, 3.63) is 30.3 Å².